The molecule has 2 N–H and O–H groups in total. The molecule has 1 aliphatic carbocycles. The van der Waals surface area contributed by atoms with Crippen molar-refractivity contribution in [2.45, 2.75) is 70.1 Å². The summed E-state index contributed by atoms with van der Waals surface area (Å²) in [5, 5.41) is 6.22. The van der Waals surface area contributed by atoms with Crippen LogP contribution in [0.15, 0.2) is 24.3 Å². The molecule has 28 heavy (non-hydrogen) atoms. The lowest BCUT2D eigenvalue weighted by Gasteiger charge is -2.44. The molecule has 2 heterocycles. The van der Waals surface area contributed by atoms with E-state index in [2.05, 4.69) is 46.7 Å². The summed E-state index contributed by atoms with van der Waals surface area (Å²) in [7, 11) is 0. The van der Waals surface area contributed by atoms with Gasteiger partial charge in [0.2, 0.25) is 5.91 Å². The van der Waals surface area contributed by atoms with Gasteiger partial charge in [0.25, 0.3) is 0 Å². The Hall–Kier alpha value is -2.08. The topological polar surface area (TPSA) is 64.7 Å². The predicted octanol–water partition coefficient (Wildman–Crippen LogP) is 2.28. The smallest absolute Gasteiger partial charge is 0.318 e. The molecule has 4 rings (SSSR count). The van der Waals surface area contributed by atoms with E-state index in [-0.39, 0.29) is 30.6 Å². The highest BCUT2D eigenvalue weighted by Gasteiger charge is 2.39. The normalized spacial score (nSPS) is 26.0. The van der Waals surface area contributed by atoms with Crippen molar-refractivity contribution in [3.8, 4) is 0 Å². The number of hydrogen-bond donors (Lipinski definition) is 2. The first-order valence-electron chi connectivity index (χ1n) is 10.8. The molecule has 3 unspecified atom stereocenters. The molecule has 0 radical (unpaired) electrons. The van der Waals surface area contributed by atoms with Crippen LogP contribution in [0.4, 0.5) is 4.79 Å². The minimum Gasteiger partial charge on any atom is -0.350 e. The molecule has 3 atom stereocenters. The Morgan fingerprint density at radius 2 is 2.00 bits per heavy atom. The first-order valence-corrected chi connectivity index (χ1v) is 10.8. The van der Waals surface area contributed by atoms with Crippen molar-refractivity contribution in [3.63, 3.8) is 0 Å². The molecule has 6 nitrogen and oxygen atoms in total. The quantitative estimate of drug-likeness (QED) is 0.837. The second kappa shape index (κ2) is 8.52. The summed E-state index contributed by atoms with van der Waals surface area (Å²) in [5.74, 6) is -0.0296. The lowest BCUT2D eigenvalue weighted by atomic mass is 9.87. The van der Waals surface area contributed by atoms with Crippen LogP contribution in [-0.2, 0) is 17.8 Å². The Morgan fingerprint density at radius 3 is 2.82 bits per heavy atom. The van der Waals surface area contributed by atoms with Crippen LogP contribution < -0.4 is 10.6 Å². The largest absolute Gasteiger partial charge is 0.350 e. The second-order valence-corrected chi connectivity index (χ2v) is 8.39. The fourth-order valence-corrected chi connectivity index (χ4v) is 5.07. The average molecular weight is 385 g/mol. The number of fused-ring (bicyclic) bond motifs is 2. The van der Waals surface area contributed by atoms with Crippen molar-refractivity contribution in [1.29, 1.82) is 0 Å². The standard InChI is InChI=1S/C22H32N4O2/c1-2-18(25-12-11-16-7-3-4-8-17(16)14-25)13-23-22(28)26-15-21(27)24-19-9-5-6-10-20(19)26/h3-4,7-8,18-20H,2,5-6,9-15H2,1H3,(H,23,28)(H,24,27). The molecule has 1 aromatic carbocycles. The van der Waals surface area contributed by atoms with Crippen molar-refractivity contribution in [3.05, 3.63) is 35.4 Å². The summed E-state index contributed by atoms with van der Waals surface area (Å²) in [6.45, 7) is 4.97. The number of nitrogens with one attached hydrogen (secondary N) is 2. The molecular formula is C22H32N4O2. The van der Waals surface area contributed by atoms with E-state index in [1.54, 1.807) is 4.90 Å². The number of carbonyl (C=O) groups excluding carboxylic acids is 2. The van der Waals surface area contributed by atoms with Gasteiger partial charge in [-0.1, -0.05) is 44.0 Å². The highest BCUT2D eigenvalue weighted by Crippen LogP contribution is 2.26. The first kappa shape index (κ1) is 19.2. The van der Waals surface area contributed by atoms with Crippen LogP contribution in [0.5, 0.6) is 0 Å². The molecular weight excluding hydrogens is 352 g/mol. The molecule has 6 heteroatoms. The fourth-order valence-electron chi connectivity index (χ4n) is 5.07. The van der Waals surface area contributed by atoms with Gasteiger partial charge in [-0.25, -0.2) is 4.79 Å². The van der Waals surface area contributed by atoms with Crippen molar-refractivity contribution in [2.75, 3.05) is 19.6 Å². The van der Waals surface area contributed by atoms with Crippen molar-refractivity contribution in [1.82, 2.24) is 20.4 Å². The van der Waals surface area contributed by atoms with Crippen LogP contribution in [0, 0.1) is 0 Å². The molecule has 1 saturated heterocycles. The van der Waals surface area contributed by atoms with Crippen LogP contribution >= 0.6 is 0 Å². The van der Waals surface area contributed by atoms with Gasteiger partial charge in [0.1, 0.15) is 6.54 Å². The molecule has 152 valence electrons. The summed E-state index contributed by atoms with van der Waals surface area (Å²) in [6, 6.07) is 9.15. The molecule has 3 aliphatic rings. The second-order valence-electron chi connectivity index (χ2n) is 8.39. The summed E-state index contributed by atoms with van der Waals surface area (Å²) in [4.78, 5) is 29.2. The third kappa shape index (κ3) is 4.02. The van der Waals surface area contributed by atoms with Gasteiger partial charge in [-0.15, -0.1) is 0 Å². The van der Waals surface area contributed by atoms with E-state index in [0.717, 1.165) is 51.6 Å². The van der Waals surface area contributed by atoms with E-state index < -0.39 is 0 Å². The Kier molecular flexibility index (Phi) is 5.85. The molecule has 2 aliphatic heterocycles. The van der Waals surface area contributed by atoms with Gasteiger partial charge in [-0.3, -0.25) is 9.69 Å². The van der Waals surface area contributed by atoms with E-state index in [0.29, 0.717) is 12.6 Å². The molecule has 0 aromatic heterocycles. The van der Waals surface area contributed by atoms with Gasteiger partial charge in [0.15, 0.2) is 0 Å². The summed E-state index contributed by atoms with van der Waals surface area (Å²) < 4.78 is 0. The van der Waals surface area contributed by atoms with Crippen molar-refractivity contribution >= 4 is 11.9 Å². The van der Waals surface area contributed by atoms with E-state index in [1.807, 2.05) is 0 Å². The van der Waals surface area contributed by atoms with E-state index in [1.165, 1.54) is 11.1 Å². The van der Waals surface area contributed by atoms with Crippen LogP contribution in [0.3, 0.4) is 0 Å². The van der Waals surface area contributed by atoms with Gasteiger partial charge >= 0.3 is 6.03 Å². The van der Waals surface area contributed by atoms with Gasteiger partial charge in [0, 0.05) is 31.7 Å². The maximum Gasteiger partial charge on any atom is 0.318 e. The Bertz CT molecular complexity index is 722. The highest BCUT2D eigenvalue weighted by atomic mass is 16.2. The summed E-state index contributed by atoms with van der Waals surface area (Å²) in [6.07, 6.45) is 6.28. The maximum atomic E-state index is 12.9. The van der Waals surface area contributed by atoms with Crippen molar-refractivity contribution in [2.24, 2.45) is 0 Å². The predicted molar refractivity (Wildman–Crippen MR) is 109 cm³/mol. The number of amides is 3. The highest BCUT2D eigenvalue weighted by molar-refractivity contribution is 5.86. The number of rotatable bonds is 4. The fraction of sp³-hybridized carbons (Fsp3) is 0.636. The van der Waals surface area contributed by atoms with Gasteiger partial charge < -0.3 is 15.5 Å². The maximum absolute atomic E-state index is 12.9. The molecule has 0 bridgehead atoms. The van der Waals surface area contributed by atoms with Gasteiger partial charge in [-0.05, 0) is 36.8 Å². The Morgan fingerprint density at radius 1 is 1.21 bits per heavy atom. The third-order valence-electron chi connectivity index (χ3n) is 6.69. The number of hydrogen-bond acceptors (Lipinski definition) is 3. The van der Waals surface area contributed by atoms with Crippen LogP contribution in [0.2, 0.25) is 0 Å². The minimum absolute atomic E-state index is 0.0296. The number of piperazine rings is 1. The first-order chi connectivity index (χ1) is 13.7. The number of urea groups is 1. The molecule has 2 fully saturated rings. The SMILES string of the molecule is CCC(CNC(=O)N1CC(=O)NC2CCCCC21)N1CCc2ccccc2C1. The monoisotopic (exact) mass is 384 g/mol. The van der Waals surface area contributed by atoms with E-state index >= 15 is 0 Å². The van der Waals surface area contributed by atoms with Crippen LogP contribution in [0.1, 0.15) is 50.2 Å². The van der Waals surface area contributed by atoms with E-state index in [9.17, 15) is 9.59 Å². The van der Waals surface area contributed by atoms with Crippen molar-refractivity contribution < 1.29 is 9.59 Å². The van der Waals surface area contributed by atoms with Crippen LogP contribution in [-0.4, -0.2) is 59.5 Å². The lowest BCUT2D eigenvalue weighted by Crippen LogP contribution is -2.64. The lowest BCUT2D eigenvalue weighted by molar-refractivity contribution is -0.126. The summed E-state index contributed by atoms with van der Waals surface area (Å²) >= 11 is 0. The number of carbonyl (C=O) groups is 2. The van der Waals surface area contributed by atoms with Gasteiger partial charge in [0.05, 0.1) is 6.04 Å². The molecule has 1 aromatic rings. The number of nitrogens with zero attached hydrogens (tertiary/aromatic N) is 2. The average Bonchev–Trinajstić information content (AvgIpc) is 2.73. The summed E-state index contributed by atoms with van der Waals surface area (Å²) in [5.41, 5.74) is 2.84. The third-order valence-corrected chi connectivity index (χ3v) is 6.69. The van der Waals surface area contributed by atoms with Gasteiger partial charge in [-0.2, -0.15) is 0 Å². The minimum atomic E-state index is -0.0809. The number of benzene rings is 1. The molecule has 1 saturated carbocycles. The zero-order valence-electron chi connectivity index (χ0n) is 16.8. The zero-order chi connectivity index (χ0) is 19.5. The molecule has 0 spiro atoms. The zero-order valence-corrected chi connectivity index (χ0v) is 16.8. The Labute approximate surface area is 167 Å². The Balaban J connectivity index is 1.36. The van der Waals surface area contributed by atoms with E-state index in [4.69, 9.17) is 0 Å². The molecule has 3 amide bonds. The van der Waals surface area contributed by atoms with Crippen LogP contribution in [0.25, 0.3) is 0 Å².